The lowest BCUT2D eigenvalue weighted by molar-refractivity contribution is -0.147. The van der Waals surface area contributed by atoms with Crippen molar-refractivity contribution in [2.45, 2.75) is 77.3 Å². The highest BCUT2D eigenvalue weighted by molar-refractivity contribution is 5.91. The van der Waals surface area contributed by atoms with Crippen LogP contribution in [0.15, 0.2) is 35.5 Å². The number of hydrogen-bond acceptors (Lipinski definition) is 5. The third kappa shape index (κ3) is 3.63. The van der Waals surface area contributed by atoms with Gasteiger partial charge in [0.2, 0.25) is 0 Å². The Kier molecular flexibility index (Phi) is 5.11. The van der Waals surface area contributed by atoms with E-state index in [-0.39, 0.29) is 23.6 Å². The zero-order chi connectivity index (χ0) is 19.1. The number of rotatable bonds is 3. The van der Waals surface area contributed by atoms with Crippen LogP contribution < -0.4 is 0 Å². The second-order valence-electron chi connectivity index (χ2n) is 7.88. The summed E-state index contributed by atoms with van der Waals surface area (Å²) in [5, 5.41) is 0. The Bertz CT molecular complexity index is 689. The number of carbonyl (C=O) groups is 2. The second kappa shape index (κ2) is 7.03. The molecular weight excluding hydrogens is 332 g/mol. The van der Waals surface area contributed by atoms with Crippen LogP contribution in [-0.2, 0) is 23.8 Å². The Labute approximate surface area is 155 Å². The summed E-state index contributed by atoms with van der Waals surface area (Å²) in [4.78, 5) is 24.6. The minimum absolute atomic E-state index is 0.170. The summed E-state index contributed by atoms with van der Waals surface area (Å²) in [6.45, 7) is 11.9. The summed E-state index contributed by atoms with van der Waals surface area (Å²) >= 11 is 0. The van der Waals surface area contributed by atoms with E-state index in [1.807, 2.05) is 27.7 Å². The standard InChI is InChI=1S/C21H28O5/c1-6-12(2)11-16(22)24-15-10-13(3)8-7-9-21(5)19(26-21)18-17(15)14(4)20(23)25-18/h8,11,15,17-19H,4,6-7,9-10H2,1-3,5H3/b12-11+,13-8+/t15-,17-,18+,19+,21-/m1/s1. The molecule has 0 saturated carbocycles. The average molecular weight is 360 g/mol. The molecule has 0 spiro atoms. The fraction of sp³-hybridized carbons (Fsp3) is 0.619. The number of fused-ring (bicyclic) bond motifs is 3. The van der Waals surface area contributed by atoms with Gasteiger partial charge in [0.05, 0.1) is 11.5 Å². The summed E-state index contributed by atoms with van der Waals surface area (Å²) in [6.07, 6.45) is 5.69. The van der Waals surface area contributed by atoms with Crippen molar-refractivity contribution in [1.82, 2.24) is 0 Å². The fourth-order valence-corrected chi connectivity index (χ4v) is 3.90. The maximum atomic E-state index is 12.4. The molecule has 3 aliphatic rings. The molecule has 2 heterocycles. The van der Waals surface area contributed by atoms with Crippen LogP contribution in [0.1, 0.15) is 53.4 Å². The molecule has 0 N–H and O–H groups in total. The molecule has 0 bridgehead atoms. The number of esters is 2. The maximum Gasteiger partial charge on any atom is 0.334 e. The Morgan fingerprint density at radius 2 is 2.23 bits per heavy atom. The number of ether oxygens (including phenoxy) is 3. The number of epoxide rings is 1. The van der Waals surface area contributed by atoms with E-state index in [0.717, 1.165) is 30.4 Å². The van der Waals surface area contributed by atoms with Crippen molar-refractivity contribution < 1.29 is 23.8 Å². The molecule has 0 aromatic rings. The fourth-order valence-electron chi connectivity index (χ4n) is 3.90. The van der Waals surface area contributed by atoms with Crippen molar-refractivity contribution in [3.8, 4) is 0 Å². The highest BCUT2D eigenvalue weighted by Gasteiger charge is 2.63. The van der Waals surface area contributed by atoms with Crippen molar-refractivity contribution in [3.05, 3.63) is 35.5 Å². The molecule has 3 rings (SSSR count). The van der Waals surface area contributed by atoms with Gasteiger partial charge in [0.15, 0.2) is 0 Å². The van der Waals surface area contributed by atoms with Crippen molar-refractivity contribution in [2.24, 2.45) is 5.92 Å². The van der Waals surface area contributed by atoms with E-state index in [0.29, 0.717) is 12.0 Å². The molecule has 2 fully saturated rings. The number of allylic oxidation sites excluding steroid dienone is 2. The summed E-state index contributed by atoms with van der Waals surface area (Å²) < 4.78 is 17.3. The summed E-state index contributed by atoms with van der Waals surface area (Å²) in [5.74, 6) is -1.18. The first-order valence-corrected chi connectivity index (χ1v) is 9.36. The molecule has 2 saturated heterocycles. The SMILES string of the molecule is C=C1C(=O)O[C@H]2[C@H]1[C@H](OC(=O)/C=C(\C)CC)C/C(C)=C/CC[C@@]1(C)O[C@@H]21. The normalized spacial score (nSPS) is 39.2. The summed E-state index contributed by atoms with van der Waals surface area (Å²) in [6, 6.07) is 0. The minimum Gasteiger partial charge on any atom is -0.458 e. The van der Waals surface area contributed by atoms with Crippen LogP contribution in [-0.4, -0.2) is 35.9 Å². The van der Waals surface area contributed by atoms with Gasteiger partial charge in [0.25, 0.3) is 0 Å². The van der Waals surface area contributed by atoms with E-state index < -0.39 is 18.2 Å². The lowest BCUT2D eigenvalue weighted by Gasteiger charge is -2.27. The molecule has 0 amide bonds. The monoisotopic (exact) mass is 360 g/mol. The molecule has 0 aromatic heterocycles. The molecule has 5 atom stereocenters. The maximum absolute atomic E-state index is 12.4. The zero-order valence-electron chi connectivity index (χ0n) is 16.0. The molecule has 26 heavy (non-hydrogen) atoms. The first-order chi connectivity index (χ1) is 12.2. The quantitative estimate of drug-likeness (QED) is 0.333. The third-order valence-corrected chi connectivity index (χ3v) is 5.75. The van der Waals surface area contributed by atoms with Crippen LogP contribution in [0.2, 0.25) is 0 Å². The van der Waals surface area contributed by atoms with Gasteiger partial charge in [-0.1, -0.05) is 30.7 Å². The molecule has 0 aromatic carbocycles. The van der Waals surface area contributed by atoms with Crippen LogP contribution in [0, 0.1) is 5.92 Å². The van der Waals surface area contributed by atoms with Gasteiger partial charge in [0.1, 0.15) is 18.3 Å². The molecule has 5 heteroatoms. The highest BCUT2D eigenvalue weighted by Crippen LogP contribution is 2.50. The van der Waals surface area contributed by atoms with Crippen LogP contribution in [0.25, 0.3) is 0 Å². The first kappa shape index (κ1) is 18.9. The van der Waals surface area contributed by atoms with Gasteiger partial charge < -0.3 is 14.2 Å². The Morgan fingerprint density at radius 3 is 2.92 bits per heavy atom. The van der Waals surface area contributed by atoms with Crippen LogP contribution in [0.4, 0.5) is 0 Å². The summed E-state index contributed by atoms with van der Waals surface area (Å²) in [5.41, 5.74) is 2.16. The highest BCUT2D eigenvalue weighted by atomic mass is 16.6. The van der Waals surface area contributed by atoms with E-state index >= 15 is 0 Å². The Hall–Kier alpha value is -1.88. The Balaban J connectivity index is 1.90. The molecule has 1 aliphatic carbocycles. The number of carbonyl (C=O) groups excluding carboxylic acids is 2. The van der Waals surface area contributed by atoms with Gasteiger partial charge in [-0.25, -0.2) is 9.59 Å². The Morgan fingerprint density at radius 1 is 1.50 bits per heavy atom. The van der Waals surface area contributed by atoms with Crippen molar-refractivity contribution in [2.75, 3.05) is 0 Å². The molecule has 0 unspecified atom stereocenters. The van der Waals surface area contributed by atoms with Crippen molar-refractivity contribution >= 4 is 11.9 Å². The molecule has 142 valence electrons. The lowest BCUT2D eigenvalue weighted by atomic mass is 9.82. The predicted molar refractivity (Wildman–Crippen MR) is 97.3 cm³/mol. The molecule has 0 radical (unpaired) electrons. The lowest BCUT2D eigenvalue weighted by Crippen LogP contribution is -2.38. The van der Waals surface area contributed by atoms with E-state index in [4.69, 9.17) is 14.2 Å². The van der Waals surface area contributed by atoms with Crippen molar-refractivity contribution in [3.63, 3.8) is 0 Å². The van der Waals surface area contributed by atoms with E-state index in [9.17, 15) is 9.59 Å². The van der Waals surface area contributed by atoms with Crippen molar-refractivity contribution in [1.29, 1.82) is 0 Å². The largest absolute Gasteiger partial charge is 0.458 e. The van der Waals surface area contributed by atoms with Gasteiger partial charge in [-0.15, -0.1) is 0 Å². The van der Waals surface area contributed by atoms with Gasteiger partial charge in [0, 0.05) is 18.1 Å². The van der Waals surface area contributed by atoms with E-state index in [1.54, 1.807) is 0 Å². The smallest absolute Gasteiger partial charge is 0.334 e. The van der Waals surface area contributed by atoms with Crippen LogP contribution in [0.3, 0.4) is 0 Å². The average Bonchev–Trinajstić information content (AvgIpc) is 3.14. The molecule has 5 nitrogen and oxygen atoms in total. The minimum atomic E-state index is -0.491. The second-order valence-corrected chi connectivity index (χ2v) is 7.88. The third-order valence-electron chi connectivity index (χ3n) is 5.75. The molecule has 2 aliphatic heterocycles. The van der Waals surface area contributed by atoms with Gasteiger partial charge >= 0.3 is 11.9 Å². The van der Waals surface area contributed by atoms with Gasteiger partial charge in [-0.2, -0.15) is 0 Å². The topological polar surface area (TPSA) is 65.1 Å². The summed E-state index contributed by atoms with van der Waals surface area (Å²) in [7, 11) is 0. The van der Waals surface area contributed by atoms with Crippen LogP contribution in [0.5, 0.6) is 0 Å². The predicted octanol–water partition coefficient (Wildman–Crippen LogP) is 3.64. The zero-order valence-corrected chi connectivity index (χ0v) is 16.0. The number of hydrogen-bond donors (Lipinski definition) is 0. The van der Waals surface area contributed by atoms with E-state index in [1.165, 1.54) is 6.08 Å². The van der Waals surface area contributed by atoms with E-state index in [2.05, 4.69) is 12.7 Å². The van der Waals surface area contributed by atoms with Crippen LogP contribution >= 0.6 is 0 Å². The van der Waals surface area contributed by atoms with Gasteiger partial charge in [-0.05, 0) is 40.0 Å². The van der Waals surface area contributed by atoms with Gasteiger partial charge in [-0.3, -0.25) is 0 Å². The first-order valence-electron chi connectivity index (χ1n) is 9.36. The molecular formula is C21H28O5.